The third-order valence-electron chi connectivity index (χ3n) is 5.38. The smallest absolute Gasteiger partial charge is 0.0931 e. The van der Waals surface area contributed by atoms with Gasteiger partial charge in [0.25, 0.3) is 0 Å². The van der Waals surface area contributed by atoms with Gasteiger partial charge in [-0.05, 0) is 48.1 Å². The molecule has 18 heavy (non-hydrogen) atoms. The Labute approximate surface area is 119 Å². The monoisotopic (exact) mass is 283 g/mol. The van der Waals surface area contributed by atoms with E-state index in [1.54, 1.807) is 11.3 Å². The summed E-state index contributed by atoms with van der Waals surface area (Å²) in [6.07, 6.45) is 4.22. The average molecular weight is 284 g/mol. The van der Waals surface area contributed by atoms with E-state index in [0.29, 0.717) is 16.9 Å². The lowest BCUT2D eigenvalue weighted by atomic mass is 9.68. The fourth-order valence-corrected chi connectivity index (χ4v) is 5.50. The number of nitrogens with one attached hydrogen (secondary N) is 1. The van der Waals surface area contributed by atoms with Crippen molar-refractivity contribution < 1.29 is 0 Å². The van der Waals surface area contributed by atoms with Crippen LogP contribution in [0.25, 0.3) is 0 Å². The summed E-state index contributed by atoms with van der Waals surface area (Å²) in [5, 5.41) is 3.83. The lowest BCUT2D eigenvalue weighted by Gasteiger charge is -2.43. The maximum absolute atomic E-state index is 5.99. The third-order valence-corrected chi connectivity index (χ3v) is 6.61. The first kappa shape index (κ1) is 13.0. The van der Waals surface area contributed by atoms with Crippen LogP contribution in [0.1, 0.15) is 44.9 Å². The molecule has 3 rings (SSSR count). The summed E-state index contributed by atoms with van der Waals surface area (Å²) in [6.45, 7) is 8.33. The molecule has 2 fully saturated rings. The molecule has 2 saturated carbocycles. The minimum atomic E-state index is 0.439. The Morgan fingerprint density at radius 3 is 2.72 bits per heavy atom. The van der Waals surface area contributed by atoms with Gasteiger partial charge >= 0.3 is 0 Å². The number of rotatable bonds is 3. The zero-order chi connectivity index (χ0) is 13.0. The van der Waals surface area contributed by atoms with Crippen LogP contribution in [0.2, 0.25) is 4.34 Å². The lowest BCUT2D eigenvalue weighted by molar-refractivity contribution is 0.108. The zero-order valence-electron chi connectivity index (χ0n) is 11.4. The highest BCUT2D eigenvalue weighted by Crippen LogP contribution is 2.62. The first-order valence-electron chi connectivity index (χ1n) is 6.89. The highest BCUT2D eigenvalue weighted by Gasteiger charge is 2.58. The molecule has 1 unspecified atom stereocenters. The Kier molecular flexibility index (Phi) is 3.04. The van der Waals surface area contributed by atoms with Crippen molar-refractivity contribution in [1.29, 1.82) is 0 Å². The Balaban J connectivity index is 1.72. The third kappa shape index (κ3) is 1.93. The van der Waals surface area contributed by atoms with E-state index in [2.05, 4.69) is 32.2 Å². The summed E-state index contributed by atoms with van der Waals surface area (Å²) < 4.78 is 0.894. The van der Waals surface area contributed by atoms with Gasteiger partial charge in [0.05, 0.1) is 4.34 Å². The maximum atomic E-state index is 5.99. The Morgan fingerprint density at radius 2 is 2.17 bits per heavy atom. The summed E-state index contributed by atoms with van der Waals surface area (Å²) in [5.74, 6) is 0.909. The van der Waals surface area contributed by atoms with Gasteiger partial charge in [0, 0.05) is 17.5 Å². The zero-order valence-corrected chi connectivity index (χ0v) is 13.0. The molecule has 3 atom stereocenters. The fraction of sp³-hybridized carbons (Fsp3) is 0.733. The molecule has 0 amide bonds. The number of halogens is 1. The minimum Gasteiger partial charge on any atom is -0.308 e. The topological polar surface area (TPSA) is 12.0 Å². The average Bonchev–Trinajstić information content (AvgIpc) is 2.89. The van der Waals surface area contributed by atoms with E-state index in [1.807, 2.05) is 6.07 Å². The molecule has 1 N–H and O–H groups in total. The molecule has 0 aromatic carbocycles. The highest BCUT2D eigenvalue weighted by molar-refractivity contribution is 7.16. The second kappa shape index (κ2) is 4.22. The van der Waals surface area contributed by atoms with Crippen molar-refractivity contribution in [2.24, 2.45) is 16.7 Å². The van der Waals surface area contributed by atoms with E-state index in [4.69, 9.17) is 11.6 Å². The van der Waals surface area contributed by atoms with Crippen LogP contribution in [0.15, 0.2) is 12.1 Å². The van der Waals surface area contributed by atoms with Crippen LogP contribution >= 0.6 is 22.9 Å². The minimum absolute atomic E-state index is 0.439. The van der Waals surface area contributed by atoms with Gasteiger partial charge in [-0.3, -0.25) is 0 Å². The predicted molar refractivity (Wildman–Crippen MR) is 79.2 cm³/mol. The number of thiophene rings is 1. The van der Waals surface area contributed by atoms with Gasteiger partial charge in [-0.2, -0.15) is 0 Å². The van der Waals surface area contributed by atoms with Gasteiger partial charge in [0.2, 0.25) is 0 Å². The van der Waals surface area contributed by atoms with Gasteiger partial charge in [0.15, 0.2) is 0 Å². The van der Waals surface area contributed by atoms with Gasteiger partial charge in [0.1, 0.15) is 0 Å². The van der Waals surface area contributed by atoms with Crippen molar-refractivity contribution >= 4 is 22.9 Å². The molecule has 1 aromatic heterocycles. The summed E-state index contributed by atoms with van der Waals surface area (Å²) >= 11 is 7.69. The Bertz CT molecular complexity index is 448. The van der Waals surface area contributed by atoms with Crippen molar-refractivity contribution in [3.8, 4) is 0 Å². The van der Waals surface area contributed by atoms with Gasteiger partial charge < -0.3 is 5.32 Å². The van der Waals surface area contributed by atoms with E-state index in [0.717, 1.165) is 16.8 Å². The summed E-state index contributed by atoms with van der Waals surface area (Å²) in [4.78, 5) is 1.35. The summed E-state index contributed by atoms with van der Waals surface area (Å²) in [6, 6.07) is 4.78. The van der Waals surface area contributed by atoms with Crippen LogP contribution in [-0.4, -0.2) is 6.04 Å². The molecule has 100 valence electrons. The molecule has 0 aliphatic heterocycles. The predicted octanol–water partition coefficient (Wildman–Crippen LogP) is 4.71. The van der Waals surface area contributed by atoms with Gasteiger partial charge in [-0.1, -0.05) is 32.4 Å². The Morgan fingerprint density at radius 1 is 1.39 bits per heavy atom. The maximum Gasteiger partial charge on any atom is 0.0931 e. The molecule has 2 aliphatic rings. The molecule has 1 heterocycles. The molecule has 3 heteroatoms. The molecule has 1 aromatic rings. The number of fused-ring (bicyclic) bond motifs is 2. The van der Waals surface area contributed by atoms with Crippen molar-refractivity contribution in [2.45, 2.75) is 52.6 Å². The van der Waals surface area contributed by atoms with E-state index in [-0.39, 0.29) is 0 Å². The normalized spacial score (nSPS) is 37.3. The van der Waals surface area contributed by atoms with E-state index < -0.39 is 0 Å². The number of hydrogen-bond acceptors (Lipinski definition) is 2. The standard InChI is InChI=1S/C15H22ClNS/c1-14(2)10-6-7-15(3,8-10)13(14)17-9-11-4-5-12(16)18-11/h4-5,10,13,17H,6-9H2,1-3H3/t10-,13?,15+/m0/s1. The molecular formula is C15H22ClNS. The summed E-state index contributed by atoms with van der Waals surface area (Å²) in [5.41, 5.74) is 0.948. The SMILES string of the molecule is CC1(C)C(NCc2ccc(Cl)s2)[C@]2(C)CC[C@H]1C2. The van der Waals surface area contributed by atoms with Crippen molar-refractivity contribution in [3.05, 3.63) is 21.3 Å². The van der Waals surface area contributed by atoms with Crippen molar-refractivity contribution in [1.82, 2.24) is 5.32 Å². The molecule has 2 aliphatic carbocycles. The van der Waals surface area contributed by atoms with E-state index in [9.17, 15) is 0 Å². The molecule has 0 spiro atoms. The second-order valence-electron chi connectivity index (χ2n) is 6.93. The lowest BCUT2D eigenvalue weighted by Crippen LogP contribution is -2.49. The molecule has 0 radical (unpaired) electrons. The van der Waals surface area contributed by atoms with Crippen LogP contribution in [0.3, 0.4) is 0 Å². The molecule has 1 nitrogen and oxygen atoms in total. The molecule has 2 bridgehead atoms. The van der Waals surface area contributed by atoms with Crippen LogP contribution in [0.5, 0.6) is 0 Å². The van der Waals surface area contributed by atoms with Crippen LogP contribution in [-0.2, 0) is 6.54 Å². The van der Waals surface area contributed by atoms with E-state index >= 15 is 0 Å². The quantitative estimate of drug-likeness (QED) is 0.847. The summed E-state index contributed by atoms with van der Waals surface area (Å²) in [7, 11) is 0. The highest BCUT2D eigenvalue weighted by atomic mass is 35.5. The number of hydrogen-bond donors (Lipinski definition) is 1. The van der Waals surface area contributed by atoms with Crippen LogP contribution in [0, 0.1) is 16.7 Å². The first-order chi connectivity index (χ1) is 8.42. The van der Waals surface area contributed by atoms with Gasteiger partial charge in [-0.15, -0.1) is 11.3 Å². The van der Waals surface area contributed by atoms with Crippen molar-refractivity contribution in [2.75, 3.05) is 0 Å². The van der Waals surface area contributed by atoms with Gasteiger partial charge in [-0.25, -0.2) is 0 Å². The largest absolute Gasteiger partial charge is 0.308 e. The van der Waals surface area contributed by atoms with Crippen LogP contribution < -0.4 is 5.32 Å². The van der Waals surface area contributed by atoms with Crippen molar-refractivity contribution in [3.63, 3.8) is 0 Å². The van der Waals surface area contributed by atoms with E-state index in [1.165, 1.54) is 24.1 Å². The second-order valence-corrected chi connectivity index (χ2v) is 8.73. The molecular weight excluding hydrogens is 262 g/mol. The fourth-order valence-electron chi connectivity index (χ4n) is 4.46. The van der Waals surface area contributed by atoms with Crippen LogP contribution in [0.4, 0.5) is 0 Å². The molecule has 0 saturated heterocycles. The Hall–Kier alpha value is -0.0500. The first-order valence-corrected chi connectivity index (χ1v) is 8.09.